The first-order chi connectivity index (χ1) is 8.59. The minimum Gasteiger partial charge on any atom is -0.376 e. The smallest absolute Gasteiger partial charge is 0.225 e. The Morgan fingerprint density at radius 1 is 1.42 bits per heavy atom. The molecule has 2 aliphatic rings. The van der Waals surface area contributed by atoms with Crippen molar-refractivity contribution in [1.29, 1.82) is 0 Å². The molecule has 112 valence electrons. The molecule has 1 aliphatic heterocycles. The van der Waals surface area contributed by atoms with Gasteiger partial charge < -0.3 is 20.5 Å². The van der Waals surface area contributed by atoms with Crippen LogP contribution in [0.15, 0.2) is 0 Å². The van der Waals surface area contributed by atoms with Crippen LogP contribution in [0, 0.1) is 5.92 Å². The van der Waals surface area contributed by atoms with Gasteiger partial charge >= 0.3 is 0 Å². The molecule has 6 heteroatoms. The van der Waals surface area contributed by atoms with Crippen LogP contribution in [0.1, 0.15) is 32.6 Å². The molecule has 5 nitrogen and oxygen atoms in total. The lowest BCUT2D eigenvalue weighted by Crippen LogP contribution is -2.54. The molecule has 1 amide bonds. The number of carbonyl (C=O) groups is 1. The number of amides is 1. The molecule has 0 radical (unpaired) electrons. The molecule has 1 saturated carbocycles. The maximum Gasteiger partial charge on any atom is 0.225 e. The lowest BCUT2D eigenvalue weighted by molar-refractivity contribution is -0.130. The van der Waals surface area contributed by atoms with Gasteiger partial charge in [-0.15, -0.1) is 12.4 Å². The second kappa shape index (κ2) is 7.43. The van der Waals surface area contributed by atoms with Crippen LogP contribution in [0.4, 0.5) is 0 Å². The number of halogens is 1. The molecule has 0 bridgehead atoms. The third kappa shape index (κ3) is 4.60. The molecule has 0 spiro atoms. The van der Waals surface area contributed by atoms with E-state index in [2.05, 4.69) is 5.32 Å². The summed E-state index contributed by atoms with van der Waals surface area (Å²) < 4.78 is 10.8. The van der Waals surface area contributed by atoms with E-state index in [1.165, 1.54) is 0 Å². The summed E-state index contributed by atoms with van der Waals surface area (Å²) in [5.41, 5.74) is 5.85. The van der Waals surface area contributed by atoms with Crippen LogP contribution in [0.2, 0.25) is 0 Å². The Morgan fingerprint density at radius 2 is 2.21 bits per heavy atom. The highest BCUT2D eigenvalue weighted by molar-refractivity contribution is 5.85. The minimum atomic E-state index is -0.369. The Balaban J connectivity index is 0.00000180. The lowest BCUT2D eigenvalue weighted by Gasteiger charge is -2.37. The number of hydrogen-bond donors (Lipinski definition) is 2. The third-order valence-electron chi connectivity index (χ3n) is 3.96. The minimum absolute atomic E-state index is 0. The summed E-state index contributed by atoms with van der Waals surface area (Å²) in [6.45, 7) is 4.32. The van der Waals surface area contributed by atoms with Gasteiger partial charge in [-0.25, -0.2) is 0 Å². The zero-order valence-electron chi connectivity index (χ0n) is 11.5. The van der Waals surface area contributed by atoms with E-state index in [9.17, 15) is 4.79 Å². The number of carbonyl (C=O) groups excluding carboxylic acids is 1. The SMILES string of the molecule is CC1(N)CCCCC1C(=O)NCC1COCCO1.Cl. The first-order valence-electron chi connectivity index (χ1n) is 6.85. The molecule has 0 aromatic rings. The van der Waals surface area contributed by atoms with Crippen LogP contribution in [0.25, 0.3) is 0 Å². The Hall–Kier alpha value is -0.360. The fraction of sp³-hybridized carbons (Fsp3) is 0.923. The van der Waals surface area contributed by atoms with Crippen LogP contribution in [-0.4, -0.2) is 43.9 Å². The molecular formula is C13H25ClN2O3. The van der Waals surface area contributed by atoms with Gasteiger partial charge in [-0.05, 0) is 19.8 Å². The molecule has 0 aromatic carbocycles. The van der Waals surface area contributed by atoms with E-state index in [1.54, 1.807) is 0 Å². The van der Waals surface area contributed by atoms with Gasteiger partial charge in [0.1, 0.15) is 0 Å². The van der Waals surface area contributed by atoms with Gasteiger partial charge in [0.25, 0.3) is 0 Å². The first kappa shape index (κ1) is 16.7. The van der Waals surface area contributed by atoms with Gasteiger partial charge in [0.2, 0.25) is 5.91 Å². The molecule has 1 heterocycles. The number of nitrogens with one attached hydrogen (secondary N) is 1. The quantitative estimate of drug-likeness (QED) is 0.809. The van der Waals surface area contributed by atoms with Gasteiger partial charge in [0, 0.05) is 12.1 Å². The first-order valence-corrected chi connectivity index (χ1v) is 6.85. The monoisotopic (exact) mass is 292 g/mol. The highest BCUT2D eigenvalue weighted by Crippen LogP contribution is 2.31. The van der Waals surface area contributed by atoms with Crippen LogP contribution in [-0.2, 0) is 14.3 Å². The summed E-state index contributed by atoms with van der Waals surface area (Å²) >= 11 is 0. The molecule has 1 saturated heterocycles. The van der Waals surface area contributed by atoms with E-state index >= 15 is 0 Å². The van der Waals surface area contributed by atoms with Gasteiger partial charge in [-0.2, -0.15) is 0 Å². The summed E-state index contributed by atoms with van der Waals surface area (Å²) in [5.74, 6) is -0.00960. The average molecular weight is 293 g/mol. The van der Waals surface area contributed by atoms with E-state index in [1.807, 2.05) is 6.92 Å². The van der Waals surface area contributed by atoms with Crippen molar-refractivity contribution in [1.82, 2.24) is 5.32 Å². The number of nitrogens with two attached hydrogens (primary N) is 1. The van der Waals surface area contributed by atoms with Crippen molar-refractivity contribution >= 4 is 18.3 Å². The molecule has 1 aliphatic carbocycles. The van der Waals surface area contributed by atoms with Gasteiger partial charge in [0.15, 0.2) is 0 Å². The molecular weight excluding hydrogens is 268 g/mol. The lowest BCUT2D eigenvalue weighted by atomic mass is 9.74. The summed E-state index contributed by atoms with van der Waals surface area (Å²) in [4.78, 5) is 12.2. The molecule has 0 aromatic heterocycles. The van der Waals surface area contributed by atoms with E-state index < -0.39 is 0 Å². The van der Waals surface area contributed by atoms with Crippen molar-refractivity contribution in [2.45, 2.75) is 44.2 Å². The zero-order valence-corrected chi connectivity index (χ0v) is 12.3. The summed E-state index contributed by atoms with van der Waals surface area (Å²) in [6, 6.07) is 0. The highest BCUT2D eigenvalue weighted by atomic mass is 35.5. The van der Waals surface area contributed by atoms with Crippen molar-refractivity contribution in [2.75, 3.05) is 26.4 Å². The van der Waals surface area contributed by atoms with Crippen molar-refractivity contribution in [3.05, 3.63) is 0 Å². The Labute approximate surface area is 121 Å². The third-order valence-corrected chi connectivity index (χ3v) is 3.96. The van der Waals surface area contributed by atoms with Crippen LogP contribution in [0.5, 0.6) is 0 Å². The van der Waals surface area contributed by atoms with Gasteiger partial charge in [-0.3, -0.25) is 4.79 Å². The van der Waals surface area contributed by atoms with E-state index in [0.717, 1.165) is 25.7 Å². The van der Waals surface area contributed by atoms with E-state index in [-0.39, 0.29) is 35.9 Å². The van der Waals surface area contributed by atoms with E-state index in [4.69, 9.17) is 15.2 Å². The van der Waals surface area contributed by atoms with E-state index in [0.29, 0.717) is 26.4 Å². The maximum absolute atomic E-state index is 12.2. The Bertz CT molecular complexity index is 294. The van der Waals surface area contributed by atoms with Gasteiger partial charge in [-0.1, -0.05) is 12.8 Å². The van der Waals surface area contributed by atoms with Crippen molar-refractivity contribution in [3.8, 4) is 0 Å². The fourth-order valence-corrected chi connectivity index (χ4v) is 2.78. The van der Waals surface area contributed by atoms with Crippen molar-refractivity contribution < 1.29 is 14.3 Å². The summed E-state index contributed by atoms with van der Waals surface area (Å²) in [6.07, 6.45) is 4.01. The molecule has 3 unspecified atom stereocenters. The summed E-state index contributed by atoms with van der Waals surface area (Å²) in [7, 11) is 0. The molecule has 2 fully saturated rings. The second-order valence-electron chi connectivity index (χ2n) is 5.62. The number of ether oxygens (including phenoxy) is 2. The summed E-state index contributed by atoms with van der Waals surface area (Å²) in [5, 5.41) is 2.95. The highest BCUT2D eigenvalue weighted by Gasteiger charge is 2.37. The number of hydrogen-bond acceptors (Lipinski definition) is 4. The van der Waals surface area contributed by atoms with Crippen molar-refractivity contribution in [2.24, 2.45) is 11.7 Å². The predicted molar refractivity (Wildman–Crippen MR) is 75.4 cm³/mol. The number of rotatable bonds is 3. The Morgan fingerprint density at radius 3 is 2.84 bits per heavy atom. The van der Waals surface area contributed by atoms with Crippen LogP contribution in [0.3, 0.4) is 0 Å². The maximum atomic E-state index is 12.2. The average Bonchev–Trinajstić information content (AvgIpc) is 2.37. The Kier molecular flexibility index (Phi) is 6.53. The van der Waals surface area contributed by atoms with Crippen LogP contribution >= 0.6 is 12.4 Å². The van der Waals surface area contributed by atoms with Gasteiger partial charge in [0.05, 0.1) is 31.8 Å². The predicted octanol–water partition coefficient (Wildman–Crippen LogP) is 0.847. The molecule has 2 rings (SSSR count). The molecule has 19 heavy (non-hydrogen) atoms. The van der Waals surface area contributed by atoms with Crippen LogP contribution < -0.4 is 11.1 Å². The molecule has 3 atom stereocenters. The fourth-order valence-electron chi connectivity index (χ4n) is 2.78. The molecule has 3 N–H and O–H groups in total. The second-order valence-corrected chi connectivity index (χ2v) is 5.62. The topological polar surface area (TPSA) is 73.6 Å². The zero-order chi connectivity index (χ0) is 13.0. The largest absolute Gasteiger partial charge is 0.376 e. The normalized spacial score (nSPS) is 35.3. The standard InChI is InChI=1S/C13H24N2O3.ClH/c1-13(14)5-3-2-4-11(13)12(16)15-8-10-9-17-6-7-18-10;/h10-11H,2-9,14H2,1H3,(H,15,16);1H. The van der Waals surface area contributed by atoms with Crippen molar-refractivity contribution in [3.63, 3.8) is 0 Å².